The van der Waals surface area contributed by atoms with Crippen molar-refractivity contribution in [2.45, 2.75) is 32.4 Å². The summed E-state index contributed by atoms with van der Waals surface area (Å²) in [6.45, 7) is 4.81. The summed E-state index contributed by atoms with van der Waals surface area (Å²) in [4.78, 5) is 13.7. The van der Waals surface area contributed by atoms with E-state index in [0.717, 1.165) is 19.5 Å². The Morgan fingerprint density at radius 2 is 2.16 bits per heavy atom. The third-order valence-corrected chi connectivity index (χ3v) is 4.74. The Hall–Kier alpha value is -2.35. The van der Waals surface area contributed by atoms with E-state index in [9.17, 15) is 13.6 Å². The van der Waals surface area contributed by atoms with Crippen molar-refractivity contribution < 1.29 is 18.5 Å². The Morgan fingerprint density at radius 3 is 2.88 bits per heavy atom. The van der Waals surface area contributed by atoms with Crippen LogP contribution >= 0.6 is 0 Å². The van der Waals surface area contributed by atoms with Crippen molar-refractivity contribution in [2.24, 2.45) is 0 Å². The monoisotopic (exact) mass is 350 g/mol. The number of benzene rings is 1. The number of nitrogens with zero attached hydrogens (tertiary/aromatic N) is 3. The molecule has 2 N–H and O–H groups in total. The quantitative estimate of drug-likeness (QED) is 0.793. The molecular formula is C17H22F2N5O+. The van der Waals surface area contributed by atoms with Crippen LogP contribution in [0.2, 0.25) is 0 Å². The summed E-state index contributed by atoms with van der Waals surface area (Å²) in [6.07, 6.45) is 3.68. The van der Waals surface area contributed by atoms with Crippen molar-refractivity contribution in [3.8, 4) is 0 Å². The lowest BCUT2D eigenvalue weighted by atomic mass is 10.2. The van der Waals surface area contributed by atoms with Gasteiger partial charge in [0.15, 0.2) is 5.69 Å². The zero-order valence-corrected chi connectivity index (χ0v) is 14.1. The van der Waals surface area contributed by atoms with Gasteiger partial charge in [0.25, 0.3) is 5.91 Å². The second kappa shape index (κ2) is 7.69. The van der Waals surface area contributed by atoms with Crippen LogP contribution in [-0.2, 0) is 6.54 Å². The molecule has 1 unspecified atom stereocenters. The molecule has 1 aliphatic rings. The second-order valence-corrected chi connectivity index (χ2v) is 6.31. The first kappa shape index (κ1) is 17.5. The van der Waals surface area contributed by atoms with Crippen LogP contribution in [0.25, 0.3) is 0 Å². The Kier molecular flexibility index (Phi) is 5.37. The first-order valence-corrected chi connectivity index (χ1v) is 8.54. The number of hydrogen-bond acceptors (Lipinski definition) is 3. The maximum Gasteiger partial charge on any atom is 0.273 e. The fourth-order valence-electron chi connectivity index (χ4n) is 3.33. The van der Waals surface area contributed by atoms with E-state index in [1.165, 1.54) is 40.4 Å². The minimum absolute atomic E-state index is 0.104. The van der Waals surface area contributed by atoms with Gasteiger partial charge in [-0.15, -0.1) is 5.10 Å². The van der Waals surface area contributed by atoms with E-state index in [1.54, 1.807) is 0 Å². The highest BCUT2D eigenvalue weighted by atomic mass is 19.1. The molecule has 0 aliphatic carbocycles. The summed E-state index contributed by atoms with van der Waals surface area (Å²) in [7, 11) is 0. The minimum Gasteiger partial charge on any atom is -0.345 e. The van der Waals surface area contributed by atoms with Crippen LogP contribution in [0, 0.1) is 11.6 Å². The maximum atomic E-state index is 13.7. The Balaban J connectivity index is 1.60. The number of amides is 1. The summed E-state index contributed by atoms with van der Waals surface area (Å²) >= 11 is 0. The molecule has 1 amide bonds. The van der Waals surface area contributed by atoms with Crippen molar-refractivity contribution in [1.29, 1.82) is 0 Å². The van der Waals surface area contributed by atoms with E-state index >= 15 is 0 Å². The van der Waals surface area contributed by atoms with Gasteiger partial charge in [0.2, 0.25) is 0 Å². The number of halogens is 2. The summed E-state index contributed by atoms with van der Waals surface area (Å²) in [5.74, 6) is -1.61. The fraction of sp³-hybridized carbons (Fsp3) is 0.471. The molecule has 0 bridgehead atoms. The van der Waals surface area contributed by atoms with Crippen molar-refractivity contribution in [3.63, 3.8) is 0 Å². The lowest BCUT2D eigenvalue weighted by molar-refractivity contribution is -0.909. The number of quaternary nitrogens is 1. The molecular weight excluding hydrogens is 328 g/mol. The van der Waals surface area contributed by atoms with Crippen LogP contribution in [0.5, 0.6) is 0 Å². The highest BCUT2D eigenvalue weighted by Crippen LogP contribution is 2.13. The first-order chi connectivity index (χ1) is 12.1. The van der Waals surface area contributed by atoms with Crippen LogP contribution in [0.4, 0.5) is 8.78 Å². The molecule has 6 nitrogen and oxygen atoms in total. The molecule has 2 aromatic rings. The number of likely N-dealkylation sites (tertiary alicyclic amines) is 1. The van der Waals surface area contributed by atoms with E-state index in [0.29, 0.717) is 12.6 Å². The molecule has 1 aromatic carbocycles. The average Bonchev–Trinajstić information content (AvgIpc) is 3.25. The molecule has 0 spiro atoms. The van der Waals surface area contributed by atoms with Crippen molar-refractivity contribution >= 4 is 5.91 Å². The highest BCUT2D eigenvalue weighted by molar-refractivity contribution is 5.91. The zero-order chi connectivity index (χ0) is 17.8. The Bertz CT molecular complexity index is 728. The number of carbonyl (C=O) groups is 1. The number of aromatic nitrogens is 3. The van der Waals surface area contributed by atoms with Crippen LogP contribution in [0.1, 0.15) is 35.8 Å². The van der Waals surface area contributed by atoms with Gasteiger partial charge in [0.1, 0.15) is 17.7 Å². The predicted octanol–water partition coefficient (Wildman–Crippen LogP) is 0.402. The molecule has 1 saturated heterocycles. The second-order valence-electron chi connectivity index (χ2n) is 6.31. The van der Waals surface area contributed by atoms with Crippen LogP contribution in [-0.4, -0.2) is 46.6 Å². The van der Waals surface area contributed by atoms with Gasteiger partial charge in [-0.05, 0) is 19.1 Å². The average molecular weight is 350 g/mol. The van der Waals surface area contributed by atoms with Crippen molar-refractivity contribution in [2.75, 3.05) is 19.6 Å². The third-order valence-electron chi connectivity index (χ3n) is 4.74. The van der Waals surface area contributed by atoms with E-state index < -0.39 is 11.6 Å². The van der Waals surface area contributed by atoms with Crippen LogP contribution in [0.3, 0.4) is 0 Å². The molecule has 3 rings (SSSR count). The first-order valence-electron chi connectivity index (χ1n) is 8.54. The maximum absolute atomic E-state index is 13.7. The lowest BCUT2D eigenvalue weighted by Gasteiger charge is -2.19. The van der Waals surface area contributed by atoms with Crippen LogP contribution in [0.15, 0.2) is 24.4 Å². The van der Waals surface area contributed by atoms with Gasteiger partial charge in [-0.25, -0.2) is 13.5 Å². The molecule has 25 heavy (non-hydrogen) atoms. The molecule has 2 atom stereocenters. The topological polar surface area (TPSA) is 64.2 Å². The van der Waals surface area contributed by atoms with Gasteiger partial charge < -0.3 is 10.2 Å². The Labute approximate surface area is 144 Å². The molecule has 1 aromatic heterocycles. The SMILES string of the molecule is CC[NH+]1CCC[C@H]1CNC(=O)c1cn(Cc2c(F)cccc2F)nn1. The van der Waals surface area contributed by atoms with E-state index in [-0.39, 0.29) is 23.7 Å². The van der Waals surface area contributed by atoms with Gasteiger partial charge >= 0.3 is 0 Å². The number of likely N-dealkylation sites (N-methyl/N-ethyl adjacent to an activating group) is 1. The van der Waals surface area contributed by atoms with Gasteiger partial charge in [-0.2, -0.15) is 0 Å². The molecule has 0 saturated carbocycles. The summed E-state index contributed by atoms with van der Waals surface area (Å²) in [5.41, 5.74) is 0.0419. The normalized spacial score (nSPS) is 20.0. The van der Waals surface area contributed by atoms with Crippen molar-refractivity contribution in [3.05, 3.63) is 47.3 Å². The lowest BCUT2D eigenvalue weighted by Crippen LogP contribution is -3.14. The molecule has 1 aliphatic heterocycles. The zero-order valence-electron chi connectivity index (χ0n) is 14.1. The Morgan fingerprint density at radius 1 is 1.40 bits per heavy atom. The molecule has 134 valence electrons. The van der Waals surface area contributed by atoms with Gasteiger partial charge in [0, 0.05) is 18.4 Å². The van der Waals surface area contributed by atoms with Crippen LogP contribution < -0.4 is 10.2 Å². The molecule has 1 fully saturated rings. The summed E-state index contributed by atoms with van der Waals surface area (Å²) < 4.78 is 28.6. The smallest absolute Gasteiger partial charge is 0.273 e. The van der Waals surface area contributed by atoms with E-state index in [2.05, 4.69) is 22.6 Å². The molecule has 8 heteroatoms. The molecule has 2 heterocycles. The number of hydrogen-bond donors (Lipinski definition) is 2. The number of nitrogens with one attached hydrogen (secondary N) is 2. The fourth-order valence-corrected chi connectivity index (χ4v) is 3.33. The largest absolute Gasteiger partial charge is 0.345 e. The van der Waals surface area contributed by atoms with Crippen molar-refractivity contribution in [1.82, 2.24) is 20.3 Å². The van der Waals surface area contributed by atoms with E-state index in [1.807, 2.05) is 0 Å². The van der Waals surface area contributed by atoms with Gasteiger partial charge in [-0.3, -0.25) is 4.79 Å². The highest BCUT2D eigenvalue weighted by Gasteiger charge is 2.27. The summed E-state index contributed by atoms with van der Waals surface area (Å²) in [5, 5.41) is 10.5. The van der Waals surface area contributed by atoms with Gasteiger partial charge in [0.05, 0.1) is 32.4 Å². The van der Waals surface area contributed by atoms with Gasteiger partial charge in [-0.1, -0.05) is 11.3 Å². The summed E-state index contributed by atoms with van der Waals surface area (Å²) in [6, 6.07) is 4.11. The minimum atomic E-state index is -0.648. The standard InChI is InChI=1S/C17H21F2N5O/c1-2-23-8-4-5-12(23)9-20-17(25)16-11-24(22-21-16)10-13-14(18)6-3-7-15(13)19/h3,6-7,11-12H,2,4-5,8-10H2,1H3,(H,20,25)/p+1/t12-/m0/s1. The predicted molar refractivity (Wildman–Crippen MR) is 87.2 cm³/mol. The number of rotatable bonds is 6. The molecule has 0 radical (unpaired) electrons. The number of carbonyl (C=O) groups excluding carboxylic acids is 1. The third kappa shape index (κ3) is 4.01. The van der Waals surface area contributed by atoms with E-state index in [4.69, 9.17) is 0 Å².